The van der Waals surface area contributed by atoms with Gasteiger partial charge in [0.2, 0.25) is 5.91 Å². The Morgan fingerprint density at radius 2 is 2.00 bits per heavy atom. The molecule has 4 nitrogen and oxygen atoms in total. The third-order valence-corrected chi connectivity index (χ3v) is 3.05. The Balaban J connectivity index is 0.00000256. The van der Waals surface area contributed by atoms with Crippen LogP contribution >= 0.6 is 12.4 Å². The van der Waals surface area contributed by atoms with Crippen LogP contribution in [0, 0.1) is 0 Å². The van der Waals surface area contributed by atoms with E-state index in [2.05, 4.69) is 15.5 Å². The number of hydrogen-bond donors (Lipinski definition) is 2. The fourth-order valence-electron chi connectivity index (χ4n) is 2.01. The predicted molar refractivity (Wildman–Crippen MR) is 73.6 cm³/mol. The van der Waals surface area contributed by atoms with E-state index < -0.39 is 0 Å². The summed E-state index contributed by atoms with van der Waals surface area (Å²) in [5.74, 6) is 0.129. The molecule has 0 aliphatic carbocycles. The van der Waals surface area contributed by atoms with Gasteiger partial charge in [-0.25, -0.2) is 0 Å². The maximum Gasteiger partial charge on any atom is 0.237 e. The van der Waals surface area contributed by atoms with E-state index in [0.717, 1.165) is 19.5 Å². The number of carbonyl (C=O) groups excluding carboxylic acids is 1. The Hall–Kier alpha value is -0.320. The average molecular weight is 264 g/mol. The van der Waals surface area contributed by atoms with Crippen LogP contribution in [0.4, 0.5) is 0 Å². The number of rotatable bonds is 3. The molecule has 0 saturated carbocycles. The minimum Gasteiger partial charge on any atom is -0.350 e. The molecule has 17 heavy (non-hydrogen) atoms. The van der Waals surface area contributed by atoms with Gasteiger partial charge in [0.05, 0.1) is 6.04 Å². The topological polar surface area (TPSA) is 44.4 Å². The van der Waals surface area contributed by atoms with Crippen molar-refractivity contribution in [3.63, 3.8) is 0 Å². The first-order chi connectivity index (χ1) is 7.33. The van der Waals surface area contributed by atoms with Crippen LogP contribution in [-0.2, 0) is 4.79 Å². The number of nitrogens with one attached hydrogen (secondary N) is 2. The lowest BCUT2D eigenvalue weighted by Gasteiger charge is -2.28. The highest BCUT2D eigenvalue weighted by Crippen LogP contribution is 2.13. The van der Waals surface area contributed by atoms with Gasteiger partial charge in [-0.3, -0.25) is 9.69 Å². The number of amides is 1. The second kappa shape index (κ2) is 6.57. The molecule has 0 spiro atoms. The fraction of sp³-hybridized carbons (Fsp3) is 0.917. The first kappa shape index (κ1) is 16.7. The molecule has 1 aliphatic heterocycles. The van der Waals surface area contributed by atoms with Crippen molar-refractivity contribution < 1.29 is 4.79 Å². The van der Waals surface area contributed by atoms with Crippen molar-refractivity contribution >= 4 is 18.3 Å². The van der Waals surface area contributed by atoms with Crippen LogP contribution in [0.2, 0.25) is 0 Å². The van der Waals surface area contributed by atoms with Crippen molar-refractivity contribution in [2.45, 2.75) is 51.7 Å². The molecule has 1 heterocycles. The Morgan fingerprint density at radius 1 is 1.41 bits per heavy atom. The van der Waals surface area contributed by atoms with Crippen molar-refractivity contribution in [1.82, 2.24) is 15.5 Å². The summed E-state index contributed by atoms with van der Waals surface area (Å²) in [4.78, 5) is 14.2. The summed E-state index contributed by atoms with van der Waals surface area (Å²) in [5.41, 5.74) is -0.145. The highest BCUT2D eigenvalue weighted by Gasteiger charge is 2.29. The summed E-state index contributed by atoms with van der Waals surface area (Å²) in [7, 11) is 1.98. The third kappa shape index (κ3) is 5.23. The molecule has 0 aromatic carbocycles. The van der Waals surface area contributed by atoms with Gasteiger partial charge in [0.1, 0.15) is 0 Å². The van der Waals surface area contributed by atoms with E-state index in [1.165, 1.54) is 0 Å². The zero-order valence-electron chi connectivity index (χ0n) is 11.5. The molecule has 1 fully saturated rings. The van der Waals surface area contributed by atoms with Crippen LogP contribution in [0.3, 0.4) is 0 Å². The largest absolute Gasteiger partial charge is 0.350 e. The molecule has 102 valence electrons. The van der Waals surface area contributed by atoms with Crippen LogP contribution < -0.4 is 10.6 Å². The van der Waals surface area contributed by atoms with Gasteiger partial charge in [-0.15, -0.1) is 12.4 Å². The summed E-state index contributed by atoms with van der Waals surface area (Å²) in [6, 6.07) is 0.502. The number of likely N-dealkylation sites (N-methyl/N-ethyl adjacent to an activating group) is 1. The molecule has 0 radical (unpaired) electrons. The Morgan fingerprint density at radius 3 is 2.41 bits per heavy atom. The van der Waals surface area contributed by atoms with Gasteiger partial charge in [-0.05, 0) is 41.2 Å². The van der Waals surface area contributed by atoms with E-state index in [-0.39, 0.29) is 29.9 Å². The Kier molecular flexibility index (Phi) is 6.45. The van der Waals surface area contributed by atoms with E-state index >= 15 is 0 Å². The van der Waals surface area contributed by atoms with E-state index in [1.807, 2.05) is 34.7 Å². The molecule has 0 bridgehead atoms. The summed E-state index contributed by atoms with van der Waals surface area (Å²) < 4.78 is 0. The van der Waals surface area contributed by atoms with Crippen molar-refractivity contribution in [3.8, 4) is 0 Å². The second-order valence-electron chi connectivity index (χ2n) is 5.68. The SMILES string of the molecule is CNC1CCN(C(C)C(=O)NC(C)(C)C)C1.Cl. The molecule has 1 aliphatic rings. The number of nitrogens with zero attached hydrogens (tertiary/aromatic N) is 1. The van der Waals surface area contributed by atoms with Crippen LogP contribution in [0.1, 0.15) is 34.1 Å². The van der Waals surface area contributed by atoms with Gasteiger partial charge in [0, 0.05) is 24.7 Å². The standard InChI is InChI=1S/C12H25N3O.ClH/c1-9(11(16)14-12(2,3)4)15-7-6-10(8-15)13-5;/h9-10,13H,6-8H2,1-5H3,(H,14,16);1H. The summed E-state index contributed by atoms with van der Waals surface area (Å²) in [6.45, 7) is 9.99. The molecule has 2 atom stereocenters. The molecule has 1 rings (SSSR count). The molecule has 0 aromatic rings. The quantitative estimate of drug-likeness (QED) is 0.799. The smallest absolute Gasteiger partial charge is 0.237 e. The van der Waals surface area contributed by atoms with Gasteiger partial charge in [0.25, 0.3) is 0 Å². The Bertz CT molecular complexity index is 253. The lowest BCUT2D eigenvalue weighted by atomic mass is 10.1. The van der Waals surface area contributed by atoms with Gasteiger partial charge < -0.3 is 10.6 Å². The van der Waals surface area contributed by atoms with Gasteiger partial charge in [-0.2, -0.15) is 0 Å². The molecule has 0 aromatic heterocycles. The lowest BCUT2D eigenvalue weighted by Crippen LogP contribution is -2.50. The maximum atomic E-state index is 12.0. The molecular formula is C12H26ClN3O. The molecule has 2 unspecified atom stereocenters. The maximum absolute atomic E-state index is 12.0. The van der Waals surface area contributed by atoms with E-state index in [4.69, 9.17) is 0 Å². The molecule has 1 saturated heterocycles. The lowest BCUT2D eigenvalue weighted by molar-refractivity contribution is -0.127. The minimum atomic E-state index is -0.145. The second-order valence-corrected chi connectivity index (χ2v) is 5.68. The van der Waals surface area contributed by atoms with E-state index in [0.29, 0.717) is 6.04 Å². The van der Waals surface area contributed by atoms with Crippen molar-refractivity contribution in [2.24, 2.45) is 0 Å². The average Bonchev–Trinajstić information content (AvgIpc) is 2.61. The van der Waals surface area contributed by atoms with Crippen molar-refractivity contribution in [2.75, 3.05) is 20.1 Å². The van der Waals surface area contributed by atoms with E-state index in [9.17, 15) is 4.79 Å². The van der Waals surface area contributed by atoms with Gasteiger partial charge in [0.15, 0.2) is 0 Å². The first-order valence-corrected chi connectivity index (χ1v) is 6.07. The molecule has 2 N–H and O–H groups in total. The molecular weight excluding hydrogens is 238 g/mol. The van der Waals surface area contributed by atoms with Crippen LogP contribution in [-0.4, -0.2) is 48.6 Å². The van der Waals surface area contributed by atoms with Crippen molar-refractivity contribution in [1.29, 1.82) is 0 Å². The molecule has 1 amide bonds. The molecule has 5 heteroatoms. The van der Waals surface area contributed by atoms with E-state index in [1.54, 1.807) is 0 Å². The van der Waals surface area contributed by atoms with Gasteiger partial charge >= 0.3 is 0 Å². The van der Waals surface area contributed by atoms with Crippen LogP contribution in [0.25, 0.3) is 0 Å². The number of likely N-dealkylation sites (tertiary alicyclic amines) is 1. The summed E-state index contributed by atoms with van der Waals surface area (Å²) in [5, 5.41) is 6.29. The fourth-order valence-corrected chi connectivity index (χ4v) is 2.01. The number of hydrogen-bond acceptors (Lipinski definition) is 3. The zero-order chi connectivity index (χ0) is 12.3. The van der Waals surface area contributed by atoms with Crippen LogP contribution in [0.15, 0.2) is 0 Å². The normalized spacial score (nSPS) is 23.0. The first-order valence-electron chi connectivity index (χ1n) is 6.07. The number of carbonyl (C=O) groups is 1. The van der Waals surface area contributed by atoms with Crippen LogP contribution in [0.5, 0.6) is 0 Å². The summed E-state index contributed by atoms with van der Waals surface area (Å²) in [6.07, 6.45) is 1.13. The highest BCUT2D eigenvalue weighted by atomic mass is 35.5. The van der Waals surface area contributed by atoms with Crippen molar-refractivity contribution in [3.05, 3.63) is 0 Å². The highest BCUT2D eigenvalue weighted by molar-refractivity contribution is 5.85. The number of halogens is 1. The third-order valence-electron chi connectivity index (χ3n) is 3.05. The monoisotopic (exact) mass is 263 g/mol. The Labute approximate surface area is 111 Å². The summed E-state index contributed by atoms with van der Waals surface area (Å²) >= 11 is 0. The zero-order valence-corrected chi connectivity index (χ0v) is 12.4. The van der Waals surface area contributed by atoms with Gasteiger partial charge in [-0.1, -0.05) is 0 Å². The minimum absolute atomic E-state index is 0. The predicted octanol–water partition coefficient (Wildman–Crippen LogP) is 1.01.